The maximum absolute atomic E-state index is 12.6. The van der Waals surface area contributed by atoms with E-state index in [1.165, 1.54) is 0 Å². The fourth-order valence-corrected chi connectivity index (χ4v) is 2.46. The molecule has 0 saturated carbocycles. The Labute approximate surface area is 148 Å². The van der Waals surface area contributed by atoms with Gasteiger partial charge in [-0.05, 0) is 39.6 Å². The average molecular weight is 364 g/mol. The summed E-state index contributed by atoms with van der Waals surface area (Å²) in [6.07, 6.45) is 0.726. The monoisotopic (exact) mass is 363 g/mol. The third-order valence-corrected chi connectivity index (χ3v) is 3.89. The Morgan fingerprint density at radius 1 is 1.35 bits per heavy atom. The van der Waals surface area contributed by atoms with E-state index in [9.17, 15) is 9.59 Å². The number of carboxylic acids is 1. The highest BCUT2D eigenvalue weighted by Crippen LogP contribution is 2.31. The van der Waals surface area contributed by atoms with Crippen molar-refractivity contribution in [2.75, 3.05) is 27.2 Å². The first kappa shape index (κ1) is 21.7. The quantitative estimate of drug-likeness (QED) is 0.717. The van der Waals surface area contributed by atoms with E-state index in [0.29, 0.717) is 28.4 Å². The van der Waals surface area contributed by atoms with E-state index >= 15 is 0 Å². The third-order valence-electron chi connectivity index (χ3n) is 3.40. The zero-order valence-electron chi connectivity index (χ0n) is 13.8. The lowest BCUT2D eigenvalue weighted by atomic mass is 9.93. The largest absolute Gasteiger partial charge is 0.482 e. The van der Waals surface area contributed by atoms with Crippen molar-refractivity contribution in [1.29, 1.82) is 0 Å². The average Bonchev–Trinajstić information content (AvgIpc) is 2.45. The van der Waals surface area contributed by atoms with E-state index in [4.69, 9.17) is 21.4 Å². The number of ether oxygens (including phenoxy) is 1. The molecule has 1 atom stereocenters. The topological polar surface area (TPSA) is 66.8 Å². The van der Waals surface area contributed by atoms with Crippen LogP contribution in [0.5, 0.6) is 5.75 Å². The van der Waals surface area contributed by atoms with E-state index < -0.39 is 12.6 Å². The van der Waals surface area contributed by atoms with Crippen molar-refractivity contribution in [2.24, 2.45) is 5.92 Å². The van der Waals surface area contributed by atoms with Crippen LogP contribution in [-0.4, -0.2) is 49.0 Å². The van der Waals surface area contributed by atoms with Crippen LogP contribution in [0.2, 0.25) is 5.02 Å². The second-order valence-corrected chi connectivity index (χ2v) is 5.84. The lowest BCUT2D eigenvalue weighted by Gasteiger charge is -2.20. The highest BCUT2D eigenvalue weighted by Gasteiger charge is 2.23. The van der Waals surface area contributed by atoms with Gasteiger partial charge in [0.2, 0.25) is 0 Å². The van der Waals surface area contributed by atoms with Crippen LogP contribution in [0.25, 0.3) is 0 Å². The van der Waals surface area contributed by atoms with E-state index in [2.05, 4.69) is 0 Å². The molecule has 23 heavy (non-hydrogen) atoms. The summed E-state index contributed by atoms with van der Waals surface area (Å²) >= 11 is 6.28. The van der Waals surface area contributed by atoms with Gasteiger partial charge in [-0.1, -0.05) is 18.5 Å². The molecule has 0 aliphatic heterocycles. The van der Waals surface area contributed by atoms with Crippen molar-refractivity contribution < 1.29 is 19.4 Å². The number of carbonyl (C=O) groups excluding carboxylic acids is 1. The Morgan fingerprint density at radius 2 is 1.96 bits per heavy atom. The summed E-state index contributed by atoms with van der Waals surface area (Å²) in [5.74, 6) is -0.816. The van der Waals surface area contributed by atoms with Gasteiger partial charge in [-0.3, -0.25) is 4.79 Å². The molecule has 130 valence electrons. The molecule has 1 aromatic carbocycles. The number of halogens is 2. The van der Waals surface area contributed by atoms with Crippen LogP contribution in [0, 0.1) is 12.8 Å². The second kappa shape index (κ2) is 9.75. The van der Waals surface area contributed by atoms with Gasteiger partial charge in [0.1, 0.15) is 5.75 Å². The van der Waals surface area contributed by atoms with Crippen LogP contribution in [0.15, 0.2) is 12.1 Å². The van der Waals surface area contributed by atoms with Crippen LogP contribution >= 0.6 is 24.0 Å². The molecule has 1 rings (SSSR count). The number of ketones is 1. The van der Waals surface area contributed by atoms with Gasteiger partial charge < -0.3 is 14.7 Å². The predicted octanol–water partition coefficient (Wildman–Crippen LogP) is 3.30. The number of hydrogen-bond acceptors (Lipinski definition) is 4. The van der Waals surface area contributed by atoms with Gasteiger partial charge in [0.05, 0.1) is 5.02 Å². The highest BCUT2D eigenvalue weighted by molar-refractivity contribution is 6.35. The Bertz CT molecular complexity index is 561. The van der Waals surface area contributed by atoms with Gasteiger partial charge in [0.15, 0.2) is 12.4 Å². The number of nitrogens with zero attached hydrogens (tertiary/aromatic N) is 1. The fourth-order valence-electron chi connectivity index (χ4n) is 2.21. The number of aliphatic carboxylic acids is 1. The maximum Gasteiger partial charge on any atom is 0.341 e. The van der Waals surface area contributed by atoms with Crippen molar-refractivity contribution in [3.8, 4) is 5.75 Å². The lowest BCUT2D eigenvalue weighted by molar-refractivity contribution is -0.139. The van der Waals surface area contributed by atoms with E-state index in [1.54, 1.807) is 19.1 Å². The minimum absolute atomic E-state index is 0. The van der Waals surface area contributed by atoms with Gasteiger partial charge in [0.25, 0.3) is 0 Å². The first-order valence-electron chi connectivity index (χ1n) is 7.10. The number of carboxylic acid groups (broad SMARTS) is 1. The van der Waals surface area contributed by atoms with E-state index in [-0.39, 0.29) is 24.1 Å². The van der Waals surface area contributed by atoms with Crippen LogP contribution in [0.1, 0.15) is 29.3 Å². The van der Waals surface area contributed by atoms with E-state index in [1.807, 2.05) is 25.9 Å². The lowest BCUT2D eigenvalue weighted by Crippen LogP contribution is -2.27. The van der Waals surface area contributed by atoms with Crippen molar-refractivity contribution >= 4 is 35.8 Å². The Hall–Kier alpha value is -1.30. The van der Waals surface area contributed by atoms with Crippen LogP contribution in [-0.2, 0) is 4.79 Å². The molecule has 0 spiro atoms. The molecule has 1 unspecified atom stereocenters. The fraction of sp³-hybridized carbons (Fsp3) is 0.500. The molecular weight excluding hydrogens is 341 g/mol. The summed E-state index contributed by atoms with van der Waals surface area (Å²) in [5, 5.41) is 8.97. The molecule has 0 bridgehead atoms. The molecule has 0 saturated heterocycles. The summed E-state index contributed by atoms with van der Waals surface area (Å²) in [6, 6.07) is 3.20. The summed E-state index contributed by atoms with van der Waals surface area (Å²) in [5.41, 5.74) is 1.03. The number of benzene rings is 1. The SMILES string of the molecule is CCC(CN(C)C)C(=O)c1ccc(OCC(=O)O)c(C)c1Cl.Cl. The molecule has 7 heteroatoms. The number of hydrogen-bond donors (Lipinski definition) is 1. The summed E-state index contributed by atoms with van der Waals surface area (Å²) in [4.78, 5) is 25.1. The second-order valence-electron chi connectivity index (χ2n) is 5.46. The Balaban J connectivity index is 0.00000484. The molecule has 0 aliphatic rings. The molecule has 0 radical (unpaired) electrons. The third kappa shape index (κ3) is 6.01. The zero-order chi connectivity index (χ0) is 16.9. The Kier molecular flexibility index (Phi) is 9.20. The van der Waals surface area contributed by atoms with Gasteiger partial charge in [-0.15, -0.1) is 12.4 Å². The van der Waals surface area contributed by atoms with Crippen molar-refractivity contribution in [1.82, 2.24) is 4.90 Å². The molecule has 1 N–H and O–H groups in total. The van der Waals surface area contributed by atoms with Crippen LogP contribution < -0.4 is 4.74 Å². The molecule has 0 amide bonds. The molecule has 0 fully saturated rings. The molecule has 1 aromatic rings. The Morgan fingerprint density at radius 3 is 2.43 bits per heavy atom. The first-order valence-corrected chi connectivity index (χ1v) is 7.48. The summed E-state index contributed by atoms with van der Waals surface area (Å²) < 4.78 is 5.16. The molecule has 5 nitrogen and oxygen atoms in total. The molecule has 0 aliphatic carbocycles. The molecule has 0 heterocycles. The minimum Gasteiger partial charge on any atom is -0.482 e. The van der Waals surface area contributed by atoms with Crippen molar-refractivity contribution in [2.45, 2.75) is 20.3 Å². The summed E-state index contributed by atoms with van der Waals surface area (Å²) in [6.45, 7) is 3.89. The zero-order valence-corrected chi connectivity index (χ0v) is 15.3. The van der Waals surface area contributed by atoms with Gasteiger partial charge in [-0.25, -0.2) is 4.79 Å². The summed E-state index contributed by atoms with van der Waals surface area (Å²) in [7, 11) is 3.84. The first-order chi connectivity index (χ1) is 10.3. The van der Waals surface area contributed by atoms with Gasteiger partial charge >= 0.3 is 5.97 Å². The molecular formula is C16H23Cl2NO4. The van der Waals surface area contributed by atoms with Crippen LogP contribution in [0.4, 0.5) is 0 Å². The van der Waals surface area contributed by atoms with Crippen molar-refractivity contribution in [3.05, 3.63) is 28.3 Å². The number of carbonyl (C=O) groups is 2. The van der Waals surface area contributed by atoms with E-state index in [0.717, 1.165) is 6.42 Å². The number of Topliss-reactive ketones (excluding diaryl/α,β-unsaturated/α-hetero) is 1. The van der Waals surface area contributed by atoms with Gasteiger partial charge in [-0.2, -0.15) is 0 Å². The highest BCUT2D eigenvalue weighted by atomic mass is 35.5. The van der Waals surface area contributed by atoms with Crippen molar-refractivity contribution in [3.63, 3.8) is 0 Å². The van der Waals surface area contributed by atoms with Gasteiger partial charge in [0, 0.05) is 23.6 Å². The minimum atomic E-state index is -1.06. The smallest absolute Gasteiger partial charge is 0.341 e. The van der Waals surface area contributed by atoms with Crippen LogP contribution in [0.3, 0.4) is 0 Å². The maximum atomic E-state index is 12.6. The molecule has 0 aromatic heterocycles. The normalized spacial score (nSPS) is 11.7. The standard InChI is InChI=1S/C16H22ClNO4.ClH/c1-5-11(8-18(3)4)16(21)12-6-7-13(10(2)15(12)17)22-9-14(19)20;/h6-7,11H,5,8-9H2,1-4H3,(H,19,20);1H. The number of rotatable bonds is 8. The predicted molar refractivity (Wildman–Crippen MR) is 93.2 cm³/mol.